The van der Waals surface area contributed by atoms with Gasteiger partial charge in [0.25, 0.3) is 5.91 Å². The molecule has 0 bridgehead atoms. The van der Waals surface area contributed by atoms with Gasteiger partial charge in [0, 0.05) is 30.6 Å². The molecule has 0 unspecified atom stereocenters. The van der Waals surface area contributed by atoms with Gasteiger partial charge in [-0.15, -0.1) is 0 Å². The molecule has 6 N–H and O–H groups in total. The van der Waals surface area contributed by atoms with E-state index in [0.717, 1.165) is 27.8 Å². The van der Waals surface area contributed by atoms with Crippen LogP contribution in [0.5, 0.6) is 0 Å². The molecule has 0 aliphatic carbocycles. The normalized spacial score (nSPS) is 12.7. The van der Waals surface area contributed by atoms with Gasteiger partial charge in [0.2, 0.25) is 0 Å². The summed E-state index contributed by atoms with van der Waals surface area (Å²) in [6.45, 7) is 3.52. The van der Waals surface area contributed by atoms with Crippen LogP contribution in [0.15, 0.2) is 46.9 Å². The minimum atomic E-state index is -1.52. The van der Waals surface area contributed by atoms with Gasteiger partial charge >= 0.3 is 7.12 Å². The van der Waals surface area contributed by atoms with Crippen molar-refractivity contribution in [1.29, 1.82) is 0 Å². The Hall–Kier alpha value is -3.73. The zero-order valence-electron chi connectivity index (χ0n) is 17.9. The van der Waals surface area contributed by atoms with E-state index in [1.165, 1.54) is 0 Å². The van der Waals surface area contributed by atoms with Crippen molar-refractivity contribution in [3.8, 4) is 11.4 Å². The molecule has 1 aliphatic rings. The first-order chi connectivity index (χ1) is 15.9. The van der Waals surface area contributed by atoms with Gasteiger partial charge in [-0.1, -0.05) is 36.4 Å². The molecular weight excluding hydrogens is 421 g/mol. The fourth-order valence-corrected chi connectivity index (χ4v) is 4.19. The van der Waals surface area contributed by atoms with Crippen molar-refractivity contribution >= 4 is 35.3 Å². The Morgan fingerprint density at radius 3 is 2.82 bits per heavy atom. The molecule has 4 aromatic rings. The van der Waals surface area contributed by atoms with Gasteiger partial charge in [0.15, 0.2) is 5.82 Å². The second-order valence-electron chi connectivity index (χ2n) is 7.98. The summed E-state index contributed by atoms with van der Waals surface area (Å²) in [7, 11) is -1.52. The molecule has 166 valence electrons. The molecule has 33 heavy (non-hydrogen) atoms. The number of furan rings is 1. The Balaban J connectivity index is 1.56. The highest BCUT2D eigenvalue weighted by molar-refractivity contribution is 6.58. The maximum absolute atomic E-state index is 11.8. The summed E-state index contributed by atoms with van der Waals surface area (Å²) in [5.41, 5.74) is 10.2. The third-order valence-corrected chi connectivity index (χ3v) is 5.78. The number of nitrogens with zero attached hydrogens (tertiary/aromatic N) is 2. The molecule has 1 amide bonds. The third-order valence-electron chi connectivity index (χ3n) is 5.78. The number of carbonyl (C=O) groups is 1. The van der Waals surface area contributed by atoms with Crippen LogP contribution >= 0.6 is 0 Å². The zero-order valence-corrected chi connectivity index (χ0v) is 17.9. The lowest BCUT2D eigenvalue weighted by atomic mass is 9.79. The van der Waals surface area contributed by atoms with E-state index in [2.05, 4.69) is 10.6 Å². The number of nitrogens with two attached hydrogens (primary N) is 1. The molecule has 0 atom stereocenters. The Bertz CT molecular complexity index is 1390. The van der Waals surface area contributed by atoms with Crippen LogP contribution < -0.4 is 21.8 Å². The highest BCUT2D eigenvalue weighted by Gasteiger charge is 2.24. The molecule has 0 radical (unpaired) electrons. The molecule has 9 nitrogen and oxygen atoms in total. The van der Waals surface area contributed by atoms with E-state index in [9.17, 15) is 14.8 Å². The lowest BCUT2D eigenvalue weighted by Gasteiger charge is -2.12. The largest absolute Gasteiger partial charge is 0.488 e. The van der Waals surface area contributed by atoms with Crippen molar-refractivity contribution in [1.82, 2.24) is 15.3 Å². The highest BCUT2D eigenvalue weighted by Crippen LogP contribution is 2.36. The van der Waals surface area contributed by atoms with Gasteiger partial charge in [0.1, 0.15) is 17.2 Å². The van der Waals surface area contributed by atoms with Gasteiger partial charge in [-0.2, -0.15) is 0 Å². The number of carbonyl (C=O) groups excluding carboxylic acids is 1. The predicted molar refractivity (Wildman–Crippen MR) is 125 cm³/mol. The van der Waals surface area contributed by atoms with Crippen LogP contribution in [0, 0.1) is 6.92 Å². The molecule has 3 heterocycles. The number of primary amides is 1. The van der Waals surface area contributed by atoms with Crippen molar-refractivity contribution in [2.24, 2.45) is 5.73 Å². The van der Waals surface area contributed by atoms with E-state index < -0.39 is 13.0 Å². The summed E-state index contributed by atoms with van der Waals surface area (Å²) in [6, 6.07) is 12.3. The molecule has 0 fully saturated rings. The van der Waals surface area contributed by atoms with Gasteiger partial charge < -0.3 is 30.8 Å². The quantitative estimate of drug-likeness (QED) is 0.279. The first-order valence-corrected chi connectivity index (χ1v) is 10.5. The smallest absolute Gasteiger partial charge is 0.460 e. The molecule has 0 saturated carbocycles. The standard InChI is InChI=1S/C23H22BN5O4/c1-12-19(15-6-3-7-16(21(25)30)20(15)33-12)23-28-18-11-26-10-17(18)22(29-23)27-9-13-4-2-5-14(8-13)24(31)32/h2-8,26,31-32H,9-11H2,1H3,(H2,25,30)(H,27,28,29). The number of aromatic nitrogens is 2. The van der Waals surface area contributed by atoms with E-state index in [-0.39, 0.29) is 0 Å². The average Bonchev–Trinajstić information content (AvgIpc) is 3.40. The summed E-state index contributed by atoms with van der Waals surface area (Å²) in [6.07, 6.45) is 0. The second kappa shape index (κ2) is 8.32. The molecule has 2 aromatic heterocycles. The van der Waals surface area contributed by atoms with Crippen LogP contribution in [0.1, 0.15) is 32.9 Å². The number of hydrogen-bond donors (Lipinski definition) is 5. The number of fused-ring (bicyclic) bond motifs is 2. The number of aryl methyl sites for hydroxylation is 1. The highest BCUT2D eigenvalue weighted by atomic mass is 16.4. The summed E-state index contributed by atoms with van der Waals surface area (Å²) < 4.78 is 5.91. The Morgan fingerprint density at radius 1 is 1.21 bits per heavy atom. The number of para-hydroxylation sites is 1. The molecular formula is C23H22BN5O4. The van der Waals surface area contributed by atoms with Crippen LogP contribution in [0.4, 0.5) is 5.82 Å². The minimum Gasteiger partial charge on any atom is -0.460 e. The number of benzene rings is 2. The molecule has 5 rings (SSSR count). The van der Waals surface area contributed by atoms with Crippen LogP contribution in [0.2, 0.25) is 0 Å². The van der Waals surface area contributed by atoms with Crippen molar-refractivity contribution in [3.05, 3.63) is 70.6 Å². The molecule has 0 spiro atoms. The first-order valence-electron chi connectivity index (χ1n) is 10.5. The molecule has 10 heteroatoms. The van der Waals surface area contributed by atoms with E-state index in [0.29, 0.717) is 53.6 Å². The van der Waals surface area contributed by atoms with Crippen molar-refractivity contribution < 1.29 is 19.3 Å². The fourth-order valence-electron chi connectivity index (χ4n) is 4.19. The van der Waals surface area contributed by atoms with E-state index in [1.54, 1.807) is 30.3 Å². The number of nitrogens with one attached hydrogen (secondary N) is 2. The van der Waals surface area contributed by atoms with Crippen molar-refractivity contribution in [2.45, 2.75) is 26.6 Å². The predicted octanol–water partition coefficient (Wildman–Crippen LogP) is 1.19. The van der Waals surface area contributed by atoms with Gasteiger partial charge in [-0.25, -0.2) is 9.97 Å². The Labute approximate surface area is 189 Å². The minimum absolute atomic E-state index is 0.314. The average molecular weight is 443 g/mol. The van der Waals surface area contributed by atoms with Crippen LogP contribution in [0.25, 0.3) is 22.4 Å². The first kappa shape index (κ1) is 21.1. The van der Waals surface area contributed by atoms with Crippen molar-refractivity contribution in [3.63, 3.8) is 0 Å². The lowest BCUT2D eigenvalue weighted by Crippen LogP contribution is -2.30. The zero-order chi connectivity index (χ0) is 23.1. The molecule has 1 aliphatic heterocycles. The van der Waals surface area contributed by atoms with Crippen LogP contribution in [-0.2, 0) is 19.6 Å². The number of anilines is 1. The monoisotopic (exact) mass is 443 g/mol. The summed E-state index contributed by atoms with van der Waals surface area (Å²) in [5.74, 6) is 1.23. The van der Waals surface area contributed by atoms with Crippen LogP contribution in [0.3, 0.4) is 0 Å². The van der Waals surface area contributed by atoms with Gasteiger partial charge in [0.05, 0.1) is 16.8 Å². The summed E-state index contributed by atoms with van der Waals surface area (Å²) in [5, 5.41) is 26.3. The number of rotatable bonds is 6. The third kappa shape index (κ3) is 3.84. The lowest BCUT2D eigenvalue weighted by molar-refractivity contribution is 0.100. The van der Waals surface area contributed by atoms with Gasteiger partial charge in [-0.3, -0.25) is 4.79 Å². The maximum Gasteiger partial charge on any atom is 0.488 e. The molecule has 0 saturated heterocycles. The van der Waals surface area contributed by atoms with E-state index >= 15 is 0 Å². The van der Waals surface area contributed by atoms with Gasteiger partial charge in [-0.05, 0) is 24.0 Å². The van der Waals surface area contributed by atoms with E-state index in [4.69, 9.17) is 20.1 Å². The number of hydrogen-bond acceptors (Lipinski definition) is 8. The van der Waals surface area contributed by atoms with Crippen molar-refractivity contribution in [2.75, 3.05) is 5.32 Å². The second-order valence-corrected chi connectivity index (χ2v) is 7.98. The molecule has 2 aromatic carbocycles. The fraction of sp³-hybridized carbons (Fsp3) is 0.174. The van der Waals surface area contributed by atoms with E-state index in [1.807, 2.05) is 19.1 Å². The Morgan fingerprint density at radius 2 is 2.03 bits per heavy atom. The maximum atomic E-state index is 11.8. The summed E-state index contributed by atoms with van der Waals surface area (Å²) >= 11 is 0. The van der Waals surface area contributed by atoms with Crippen LogP contribution in [-0.4, -0.2) is 33.0 Å². The SMILES string of the molecule is Cc1oc2c(C(N)=O)cccc2c1-c1nc2c(c(NCc3cccc(B(O)O)c3)n1)CNC2. The topological polar surface area (TPSA) is 147 Å². The Kier molecular flexibility index (Phi) is 5.33. The number of amides is 1. The summed E-state index contributed by atoms with van der Waals surface area (Å²) in [4.78, 5) is 21.4.